The van der Waals surface area contributed by atoms with Crippen LogP contribution < -0.4 is 10.7 Å². The van der Waals surface area contributed by atoms with E-state index in [1.165, 1.54) is 17.0 Å². The molecular weight excluding hydrogens is 435 g/mol. The van der Waals surface area contributed by atoms with Crippen LogP contribution in [0.1, 0.15) is 16.8 Å². The molecular formula is C19H16Cl2N4O3S. The average Bonchev–Trinajstić information content (AvgIpc) is 2.88. The smallest absolute Gasteiger partial charge is 0.269 e. The number of amides is 3. The quantitative estimate of drug-likeness (QED) is 0.683. The predicted octanol–water partition coefficient (Wildman–Crippen LogP) is 3.09. The molecule has 0 aromatic heterocycles. The topological polar surface area (TPSA) is 81.8 Å². The summed E-state index contributed by atoms with van der Waals surface area (Å²) < 4.78 is 0. The first-order chi connectivity index (χ1) is 13.8. The molecule has 0 spiro atoms. The van der Waals surface area contributed by atoms with E-state index in [1.807, 2.05) is 0 Å². The maximum absolute atomic E-state index is 12.6. The molecule has 1 heterocycles. The zero-order valence-electron chi connectivity index (χ0n) is 15.2. The van der Waals surface area contributed by atoms with Crippen molar-refractivity contribution in [2.45, 2.75) is 12.5 Å². The number of hydrazine groups is 1. The summed E-state index contributed by atoms with van der Waals surface area (Å²) in [5.74, 6) is -1.33. The van der Waals surface area contributed by atoms with Gasteiger partial charge in [-0.15, -0.1) is 0 Å². The lowest BCUT2D eigenvalue weighted by Crippen LogP contribution is -2.49. The number of hydrogen-bond acceptors (Lipinski definition) is 4. The summed E-state index contributed by atoms with van der Waals surface area (Å²) in [6, 6.07) is 12.0. The first-order valence-electron chi connectivity index (χ1n) is 8.49. The summed E-state index contributed by atoms with van der Waals surface area (Å²) in [4.78, 5) is 38.8. The lowest BCUT2D eigenvalue weighted by atomic mass is 10.2. The Morgan fingerprint density at radius 1 is 1.10 bits per heavy atom. The van der Waals surface area contributed by atoms with E-state index < -0.39 is 23.8 Å². The average molecular weight is 451 g/mol. The Kier molecular flexibility index (Phi) is 6.36. The minimum absolute atomic E-state index is 0.0906. The minimum Gasteiger partial charge on any atom is -0.325 e. The van der Waals surface area contributed by atoms with Crippen molar-refractivity contribution in [1.82, 2.24) is 15.3 Å². The molecule has 29 heavy (non-hydrogen) atoms. The van der Waals surface area contributed by atoms with E-state index in [9.17, 15) is 14.4 Å². The van der Waals surface area contributed by atoms with Gasteiger partial charge in [-0.05, 0) is 48.6 Å². The number of para-hydroxylation sites is 1. The predicted molar refractivity (Wildman–Crippen MR) is 115 cm³/mol. The normalized spacial score (nSPS) is 16.2. The number of rotatable bonds is 5. The molecule has 10 heteroatoms. The van der Waals surface area contributed by atoms with Gasteiger partial charge in [-0.3, -0.25) is 24.7 Å². The van der Waals surface area contributed by atoms with Gasteiger partial charge in [0.1, 0.15) is 6.04 Å². The monoisotopic (exact) mass is 450 g/mol. The summed E-state index contributed by atoms with van der Waals surface area (Å²) in [6.45, 7) is 0. The molecule has 150 valence electrons. The highest BCUT2D eigenvalue weighted by atomic mass is 35.5. The molecule has 1 aliphatic heterocycles. The third kappa shape index (κ3) is 4.67. The van der Waals surface area contributed by atoms with Crippen molar-refractivity contribution in [3.63, 3.8) is 0 Å². The Morgan fingerprint density at radius 3 is 2.41 bits per heavy atom. The van der Waals surface area contributed by atoms with Crippen molar-refractivity contribution in [3.8, 4) is 0 Å². The van der Waals surface area contributed by atoms with E-state index in [0.29, 0.717) is 21.3 Å². The van der Waals surface area contributed by atoms with Crippen molar-refractivity contribution >= 4 is 63.9 Å². The fourth-order valence-electron chi connectivity index (χ4n) is 2.74. The second-order valence-electron chi connectivity index (χ2n) is 6.25. The van der Waals surface area contributed by atoms with Crippen molar-refractivity contribution in [2.24, 2.45) is 0 Å². The number of anilines is 1. The molecule has 0 radical (unpaired) electrons. The lowest BCUT2D eigenvalue weighted by Gasteiger charge is -2.24. The van der Waals surface area contributed by atoms with Crippen molar-refractivity contribution < 1.29 is 14.4 Å². The fourth-order valence-corrected chi connectivity index (χ4v) is 3.31. The molecule has 1 atom stereocenters. The van der Waals surface area contributed by atoms with Crippen LogP contribution >= 0.6 is 35.4 Å². The number of halogens is 2. The molecule has 1 saturated heterocycles. The molecule has 2 aromatic rings. The van der Waals surface area contributed by atoms with Crippen LogP contribution in [0.2, 0.25) is 10.0 Å². The summed E-state index contributed by atoms with van der Waals surface area (Å²) in [7, 11) is 1.48. The van der Waals surface area contributed by atoms with Gasteiger partial charge < -0.3 is 5.32 Å². The number of carbonyl (C=O) groups excluding carboxylic acids is 3. The number of hydrogen-bond donors (Lipinski definition) is 2. The second kappa shape index (κ2) is 8.77. The highest BCUT2D eigenvalue weighted by Gasteiger charge is 2.42. The van der Waals surface area contributed by atoms with Crippen molar-refractivity contribution in [1.29, 1.82) is 0 Å². The van der Waals surface area contributed by atoms with Gasteiger partial charge in [0.25, 0.3) is 11.8 Å². The Morgan fingerprint density at radius 2 is 1.76 bits per heavy atom. The van der Waals surface area contributed by atoms with Gasteiger partial charge in [-0.1, -0.05) is 35.3 Å². The molecule has 7 nitrogen and oxygen atoms in total. The second-order valence-corrected chi connectivity index (χ2v) is 7.45. The molecule has 2 aromatic carbocycles. The van der Waals surface area contributed by atoms with E-state index in [0.717, 1.165) is 0 Å². The van der Waals surface area contributed by atoms with E-state index in [1.54, 1.807) is 48.5 Å². The van der Waals surface area contributed by atoms with Crippen LogP contribution in [0.25, 0.3) is 0 Å². The highest BCUT2D eigenvalue weighted by molar-refractivity contribution is 7.80. The van der Waals surface area contributed by atoms with E-state index >= 15 is 0 Å². The van der Waals surface area contributed by atoms with Crippen LogP contribution in [0.15, 0.2) is 48.5 Å². The third-order valence-corrected chi connectivity index (χ3v) is 5.33. The summed E-state index contributed by atoms with van der Waals surface area (Å²) >= 11 is 17.1. The molecule has 2 N–H and O–H groups in total. The number of benzene rings is 2. The van der Waals surface area contributed by atoms with E-state index in [4.69, 9.17) is 35.4 Å². The molecule has 1 aliphatic rings. The van der Waals surface area contributed by atoms with Crippen molar-refractivity contribution in [3.05, 3.63) is 64.1 Å². The number of likely N-dealkylation sites (N-methyl/N-ethyl adjacent to an activating group) is 1. The van der Waals surface area contributed by atoms with Gasteiger partial charge in [0.15, 0.2) is 5.11 Å². The first-order valence-corrected chi connectivity index (χ1v) is 9.66. The first kappa shape index (κ1) is 21.0. The van der Waals surface area contributed by atoms with Gasteiger partial charge in [0.2, 0.25) is 5.91 Å². The van der Waals surface area contributed by atoms with Crippen LogP contribution in [-0.4, -0.2) is 45.8 Å². The highest BCUT2D eigenvalue weighted by Crippen LogP contribution is 2.23. The lowest BCUT2D eigenvalue weighted by molar-refractivity contribution is -0.130. The van der Waals surface area contributed by atoms with Gasteiger partial charge in [0.05, 0.1) is 17.1 Å². The molecule has 1 fully saturated rings. The number of nitrogens with one attached hydrogen (secondary N) is 2. The summed E-state index contributed by atoms with van der Waals surface area (Å²) in [5.41, 5.74) is 3.36. The van der Waals surface area contributed by atoms with Gasteiger partial charge in [0, 0.05) is 17.6 Å². The van der Waals surface area contributed by atoms with Gasteiger partial charge in [-0.2, -0.15) is 0 Å². The Balaban J connectivity index is 1.74. The van der Waals surface area contributed by atoms with Crippen LogP contribution in [0.4, 0.5) is 5.69 Å². The number of carbonyl (C=O) groups is 3. The van der Waals surface area contributed by atoms with Crippen LogP contribution in [0, 0.1) is 0 Å². The van der Waals surface area contributed by atoms with Gasteiger partial charge >= 0.3 is 0 Å². The Hall–Kier alpha value is -2.68. The van der Waals surface area contributed by atoms with E-state index in [2.05, 4.69) is 10.7 Å². The zero-order valence-corrected chi connectivity index (χ0v) is 17.5. The third-order valence-electron chi connectivity index (χ3n) is 4.28. The standard InChI is InChI=1S/C19H16Cl2N4O3S/c1-24-18(28)15(10-16(26)22-14-5-3-2-4-13(14)21)25(19(24)29)23-17(27)11-6-8-12(20)9-7-11/h2-9,15H,10H2,1H3,(H,22,26)(H,23,27)/t15-/m1/s1. The van der Waals surface area contributed by atoms with Crippen molar-refractivity contribution in [2.75, 3.05) is 12.4 Å². The maximum Gasteiger partial charge on any atom is 0.269 e. The maximum atomic E-state index is 12.6. The zero-order chi connectivity index (χ0) is 21.1. The van der Waals surface area contributed by atoms with Gasteiger partial charge in [-0.25, -0.2) is 5.01 Å². The Bertz CT molecular complexity index is 984. The number of thiocarbonyl (C=S) groups is 1. The molecule has 0 saturated carbocycles. The molecule has 0 aliphatic carbocycles. The summed E-state index contributed by atoms with van der Waals surface area (Å²) in [5, 5.41) is 4.84. The summed E-state index contributed by atoms with van der Waals surface area (Å²) in [6.07, 6.45) is -0.227. The minimum atomic E-state index is -0.980. The number of nitrogens with zero attached hydrogens (tertiary/aromatic N) is 2. The Labute approximate surface area is 182 Å². The molecule has 0 bridgehead atoms. The SMILES string of the molecule is CN1C(=O)[C@@H](CC(=O)Nc2ccccc2Cl)N(NC(=O)c2ccc(Cl)cc2)C1=S. The van der Waals surface area contributed by atoms with Crippen LogP contribution in [-0.2, 0) is 9.59 Å². The largest absolute Gasteiger partial charge is 0.325 e. The van der Waals surface area contributed by atoms with Crippen LogP contribution in [0.3, 0.4) is 0 Å². The van der Waals surface area contributed by atoms with E-state index in [-0.39, 0.29) is 11.5 Å². The van der Waals surface area contributed by atoms with Crippen LogP contribution in [0.5, 0.6) is 0 Å². The fraction of sp³-hybridized carbons (Fsp3) is 0.158. The molecule has 3 rings (SSSR count). The molecule has 0 unspecified atom stereocenters. The molecule has 3 amide bonds.